The number of quaternary nitrogens is 1. The summed E-state index contributed by atoms with van der Waals surface area (Å²) in [4.78, 5) is 38.0. The number of phosphoric ester groups is 1. The lowest BCUT2D eigenvalue weighted by Gasteiger charge is -2.27. The molecule has 0 aliphatic carbocycles. The van der Waals surface area contributed by atoms with Gasteiger partial charge in [0.05, 0.1) is 33.8 Å². The van der Waals surface area contributed by atoms with Gasteiger partial charge in [0.1, 0.15) is 19.3 Å². The van der Waals surface area contributed by atoms with Crippen LogP contribution < -0.4 is 5.32 Å². The Kier molecular flexibility index (Phi) is 63.5. The van der Waals surface area contributed by atoms with Gasteiger partial charge >= 0.3 is 13.8 Å². The largest absolute Gasteiger partial charge is 0.472 e. The maximum absolute atomic E-state index is 13.6. The predicted octanol–water partition coefficient (Wildman–Crippen LogP) is 23.5. The number of ether oxygens (including phenoxy) is 1. The van der Waals surface area contributed by atoms with Crippen molar-refractivity contribution in [3.8, 4) is 0 Å². The number of esters is 1. The van der Waals surface area contributed by atoms with Gasteiger partial charge in [0.25, 0.3) is 0 Å². The van der Waals surface area contributed by atoms with Crippen LogP contribution in [-0.4, -0.2) is 74.3 Å². The Hall–Kier alpha value is -3.07. The second-order valence-corrected chi connectivity index (χ2v) is 27.2. The van der Waals surface area contributed by atoms with Crippen LogP contribution in [0.5, 0.6) is 0 Å². The van der Waals surface area contributed by atoms with E-state index in [1.807, 2.05) is 33.3 Å². The van der Waals surface area contributed by atoms with Crippen molar-refractivity contribution in [1.82, 2.24) is 5.32 Å². The van der Waals surface area contributed by atoms with Crippen LogP contribution in [-0.2, 0) is 27.9 Å². The van der Waals surface area contributed by atoms with Crippen LogP contribution in [0.4, 0.5) is 0 Å². The molecular formula is C77H140N2O7P+. The second-order valence-electron chi connectivity index (χ2n) is 25.8. The summed E-state index contributed by atoms with van der Waals surface area (Å²) < 4.78 is 30.9. The molecule has 87 heavy (non-hydrogen) atoms. The number of allylic oxidation sites excluding steroid dienone is 15. The lowest BCUT2D eigenvalue weighted by Crippen LogP contribution is -2.47. The highest BCUT2D eigenvalue weighted by molar-refractivity contribution is 7.47. The quantitative estimate of drug-likeness (QED) is 0.0205. The molecule has 1 amide bonds. The first-order valence-electron chi connectivity index (χ1n) is 36.6. The predicted molar refractivity (Wildman–Crippen MR) is 378 cm³/mol. The van der Waals surface area contributed by atoms with E-state index < -0.39 is 20.0 Å². The molecule has 0 spiro atoms. The number of nitrogens with one attached hydrogen (secondary N) is 1. The molecule has 0 radical (unpaired) electrons. The molecular weight excluding hydrogens is 1100 g/mol. The van der Waals surface area contributed by atoms with E-state index in [1.54, 1.807) is 0 Å². The first-order valence-corrected chi connectivity index (χ1v) is 38.1. The average molecular weight is 1240 g/mol. The Balaban J connectivity index is 5.12. The second kappa shape index (κ2) is 65.9. The first kappa shape index (κ1) is 83.9. The molecule has 0 aliphatic heterocycles. The number of rotatable bonds is 66. The number of carbonyl (C=O) groups is 2. The average Bonchev–Trinajstić information content (AvgIpc) is 3.69. The Labute approximate surface area is 538 Å². The van der Waals surface area contributed by atoms with Crippen LogP contribution in [0.25, 0.3) is 0 Å². The van der Waals surface area contributed by atoms with Crippen LogP contribution in [0.1, 0.15) is 329 Å². The molecule has 0 aliphatic rings. The summed E-state index contributed by atoms with van der Waals surface area (Å²) in [6.45, 7) is 6.98. The van der Waals surface area contributed by atoms with Gasteiger partial charge in [0.2, 0.25) is 5.91 Å². The van der Waals surface area contributed by atoms with Gasteiger partial charge in [-0.25, -0.2) is 4.57 Å². The summed E-state index contributed by atoms with van der Waals surface area (Å²) in [5.41, 5.74) is 0. The molecule has 0 bridgehead atoms. The summed E-state index contributed by atoms with van der Waals surface area (Å²) in [6.07, 6.45) is 89.8. The molecule has 0 aromatic carbocycles. The number of nitrogens with zero attached hydrogens (tertiary/aromatic N) is 1. The zero-order valence-electron chi connectivity index (χ0n) is 57.7. The van der Waals surface area contributed by atoms with Gasteiger partial charge < -0.3 is 19.4 Å². The summed E-state index contributed by atoms with van der Waals surface area (Å²) in [5, 5.41) is 3.07. The number of carbonyl (C=O) groups excluding carboxylic acids is 2. The van der Waals surface area contributed by atoms with Gasteiger partial charge in [-0.15, -0.1) is 0 Å². The molecule has 3 unspecified atom stereocenters. The third-order valence-corrected chi connectivity index (χ3v) is 17.0. The van der Waals surface area contributed by atoms with E-state index in [-0.39, 0.29) is 31.5 Å². The van der Waals surface area contributed by atoms with Crippen molar-refractivity contribution in [2.45, 2.75) is 341 Å². The standard InChI is InChI=1S/C77H139N2O7P/c1-7-10-13-16-19-22-25-28-30-32-34-36-38-39-41-43-45-47-49-52-55-58-61-64-67-70-77(81)86-75(68-65-62-59-56-53-50-27-24-21-18-15-12-9-3)74(73-85-87(82,83)84-72-71-79(4,5)6)78-76(80)69-66-63-60-57-54-51-48-46-44-42-40-37-35-33-31-29-26-23-20-17-14-11-8-2/h19-20,22-23,28-31,34-37,42,44,65,68,74-75H,7-18,21,24-27,32-33,38-41,43,45-64,66-67,69-73H2,1-6H3,(H-,78,80,82,83)/p+1/b22-19-,23-20-,30-28-,31-29-,36-34-,37-35-,44-42-,68-65+. The highest BCUT2D eigenvalue weighted by Crippen LogP contribution is 2.43. The van der Waals surface area contributed by atoms with E-state index in [0.717, 1.165) is 103 Å². The fraction of sp³-hybridized carbons (Fsp3) is 0.766. The van der Waals surface area contributed by atoms with Gasteiger partial charge in [0, 0.05) is 12.8 Å². The van der Waals surface area contributed by atoms with Crippen molar-refractivity contribution in [3.05, 3.63) is 97.2 Å². The highest BCUT2D eigenvalue weighted by atomic mass is 31.2. The molecule has 0 aromatic rings. The van der Waals surface area contributed by atoms with E-state index in [4.69, 9.17) is 13.8 Å². The molecule has 3 atom stereocenters. The van der Waals surface area contributed by atoms with Gasteiger partial charge in [-0.3, -0.25) is 18.6 Å². The summed E-state index contributed by atoms with van der Waals surface area (Å²) in [7, 11) is 1.48. The highest BCUT2D eigenvalue weighted by Gasteiger charge is 2.30. The molecule has 10 heteroatoms. The first-order chi connectivity index (χ1) is 42.4. The Morgan fingerprint density at radius 2 is 0.701 bits per heavy atom. The SMILES string of the molecule is CCCCC/C=C\C/C=C\C/C=C\C/C=C\CCCCCCCCCC(=O)NC(COP(=O)(O)OCC[N+](C)(C)C)C(/C=C/CCCCCCCCCCCCC)OC(=O)CCCCCCCCCCCCCC/C=C\C/C=C\C/C=C\CCCCC. The molecule has 2 N–H and O–H groups in total. The molecule has 0 fully saturated rings. The zero-order valence-corrected chi connectivity index (χ0v) is 58.6. The van der Waals surface area contributed by atoms with Crippen molar-refractivity contribution in [2.75, 3.05) is 40.9 Å². The number of phosphoric acid groups is 1. The maximum atomic E-state index is 13.6. The molecule has 9 nitrogen and oxygen atoms in total. The molecule has 0 saturated heterocycles. The van der Waals surface area contributed by atoms with Gasteiger partial charge in [-0.2, -0.15) is 0 Å². The van der Waals surface area contributed by atoms with E-state index >= 15 is 0 Å². The van der Waals surface area contributed by atoms with E-state index in [9.17, 15) is 19.0 Å². The van der Waals surface area contributed by atoms with Crippen molar-refractivity contribution in [1.29, 1.82) is 0 Å². The number of hydrogen-bond acceptors (Lipinski definition) is 6. The minimum atomic E-state index is -4.47. The van der Waals surface area contributed by atoms with E-state index in [0.29, 0.717) is 17.4 Å². The van der Waals surface area contributed by atoms with Crippen LogP contribution in [0.2, 0.25) is 0 Å². The normalized spacial score (nSPS) is 14.1. The molecule has 0 rings (SSSR count). The monoisotopic (exact) mass is 1240 g/mol. The van der Waals surface area contributed by atoms with Crippen molar-refractivity contribution >= 4 is 19.7 Å². The van der Waals surface area contributed by atoms with Crippen LogP contribution >= 0.6 is 7.82 Å². The third kappa shape index (κ3) is 67.2. The van der Waals surface area contributed by atoms with Crippen molar-refractivity contribution < 1.29 is 37.3 Å². The summed E-state index contributed by atoms with van der Waals surface area (Å²) in [5.74, 6) is -0.514. The molecule has 0 heterocycles. The number of likely N-dealkylation sites (N-methyl/N-ethyl adjacent to an activating group) is 1. The Morgan fingerprint density at radius 3 is 1.07 bits per heavy atom. The molecule has 0 saturated carbocycles. The lowest BCUT2D eigenvalue weighted by atomic mass is 10.0. The van der Waals surface area contributed by atoms with Crippen LogP contribution in [0.15, 0.2) is 97.2 Å². The summed E-state index contributed by atoms with van der Waals surface area (Å²) in [6, 6.07) is -0.862. The fourth-order valence-electron chi connectivity index (χ4n) is 10.3. The minimum absolute atomic E-state index is 0.0342. The lowest BCUT2D eigenvalue weighted by molar-refractivity contribution is -0.870. The fourth-order valence-corrected chi connectivity index (χ4v) is 11.1. The van der Waals surface area contributed by atoms with Gasteiger partial charge in [-0.05, 0) is 115 Å². The van der Waals surface area contributed by atoms with Crippen LogP contribution in [0, 0.1) is 0 Å². The molecule has 0 aromatic heterocycles. The minimum Gasteiger partial charge on any atom is -0.456 e. The van der Waals surface area contributed by atoms with Crippen molar-refractivity contribution in [3.63, 3.8) is 0 Å². The Morgan fingerprint density at radius 1 is 0.402 bits per heavy atom. The third-order valence-electron chi connectivity index (χ3n) is 16.0. The van der Waals surface area contributed by atoms with Gasteiger partial charge in [-0.1, -0.05) is 298 Å². The summed E-state index contributed by atoms with van der Waals surface area (Å²) >= 11 is 0. The van der Waals surface area contributed by atoms with Crippen molar-refractivity contribution in [2.24, 2.45) is 0 Å². The number of unbranched alkanes of at least 4 members (excludes halogenated alkanes) is 36. The number of amides is 1. The van der Waals surface area contributed by atoms with E-state index in [1.165, 1.54) is 193 Å². The number of hydrogen-bond donors (Lipinski definition) is 2. The smallest absolute Gasteiger partial charge is 0.456 e. The zero-order chi connectivity index (χ0) is 63.5. The van der Waals surface area contributed by atoms with Crippen LogP contribution in [0.3, 0.4) is 0 Å². The van der Waals surface area contributed by atoms with E-state index in [2.05, 4.69) is 111 Å². The molecule has 504 valence electrons. The maximum Gasteiger partial charge on any atom is 0.472 e. The topological polar surface area (TPSA) is 111 Å². The Bertz CT molecular complexity index is 1810. The van der Waals surface area contributed by atoms with Gasteiger partial charge in [0.15, 0.2) is 0 Å².